The average Bonchev–Trinajstić information content (AvgIpc) is 2.58. The topological polar surface area (TPSA) is 50.3 Å². The van der Waals surface area contributed by atoms with Crippen molar-refractivity contribution in [1.82, 2.24) is 15.1 Å². The van der Waals surface area contributed by atoms with Crippen molar-refractivity contribution in [3.05, 3.63) is 41.5 Å². The van der Waals surface area contributed by atoms with Gasteiger partial charge in [0, 0.05) is 31.7 Å². The van der Waals surface area contributed by atoms with Crippen molar-refractivity contribution in [3.63, 3.8) is 0 Å². The molecular formula is C18H24N4O. The molecule has 5 nitrogen and oxygen atoms in total. The van der Waals surface area contributed by atoms with Crippen LogP contribution in [0.3, 0.4) is 0 Å². The van der Waals surface area contributed by atoms with Gasteiger partial charge in [-0.05, 0) is 31.0 Å². The van der Waals surface area contributed by atoms with E-state index in [0.29, 0.717) is 0 Å². The van der Waals surface area contributed by atoms with Crippen molar-refractivity contribution in [2.45, 2.75) is 13.8 Å². The van der Waals surface area contributed by atoms with Gasteiger partial charge in [0.1, 0.15) is 0 Å². The molecule has 2 aromatic rings. The Hall–Kier alpha value is -1.98. The van der Waals surface area contributed by atoms with E-state index < -0.39 is 0 Å². The van der Waals surface area contributed by atoms with Crippen molar-refractivity contribution in [1.29, 1.82) is 0 Å². The van der Waals surface area contributed by atoms with Crippen molar-refractivity contribution < 1.29 is 4.74 Å². The van der Waals surface area contributed by atoms with Crippen molar-refractivity contribution >= 4 is 5.82 Å². The molecule has 0 spiro atoms. The summed E-state index contributed by atoms with van der Waals surface area (Å²) < 4.78 is 5.36. The second-order valence-corrected chi connectivity index (χ2v) is 5.96. The summed E-state index contributed by atoms with van der Waals surface area (Å²) in [6.45, 7) is 9.75. The number of aryl methyl sites for hydroxylation is 2. The first-order valence-corrected chi connectivity index (χ1v) is 8.18. The fourth-order valence-electron chi connectivity index (χ4n) is 2.81. The van der Waals surface area contributed by atoms with Crippen molar-refractivity contribution in [3.8, 4) is 11.3 Å². The summed E-state index contributed by atoms with van der Waals surface area (Å²) in [5, 5.41) is 12.2. The van der Waals surface area contributed by atoms with Crippen LogP contribution in [0.4, 0.5) is 5.82 Å². The first kappa shape index (κ1) is 15.9. The molecule has 0 radical (unpaired) electrons. The average molecular weight is 312 g/mol. The summed E-state index contributed by atoms with van der Waals surface area (Å²) in [4.78, 5) is 2.40. The highest BCUT2D eigenvalue weighted by Crippen LogP contribution is 2.23. The van der Waals surface area contributed by atoms with Gasteiger partial charge in [-0.2, -0.15) is 0 Å². The number of nitrogens with one attached hydrogen (secondary N) is 1. The second-order valence-electron chi connectivity index (χ2n) is 5.96. The van der Waals surface area contributed by atoms with Gasteiger partial charge in [-0.3, -0.25) is 4.90 Å². The molecule has 0 atom stereocenters. The largest absolute Gasteiger partial charge is 0.379 e. The van der Waals surface area contributed by atoms with Gasteiger partial charge in [-0.1, -0.05) is 24.3 Å². The molecule has 122 valence electrons. The van der Waals surface area contributed by atoms with Gasteiger partial charge in [0.15, 0.2) is 5.82 Å². The predicted octanol–water partition coefficient (Wildman–Crippen LogP) is 2.50. The SMILES string of the molecule is Cc1ccccc1-c1cc(C)c(NCCN2CCOCC2)nn1. The van der Waals surface area contributed by atoms with Crippen molar-refractivity contribution in [2.24, 2.45) is 0 Å². The number of morpholine rings is 1. The third-order valence-electron chi connectivity index (χ3n) is 4.23. The van der Waals surface area contributed by atoms with E-state index >= 15 is 0 Å². The van der Waals surface area contributed by atoms with Crippen LogP contribution in [-0.2, 0) is 4.74 Å². The van der Waals surface area contributed by atoms with Gasteiger partial charge in [-0.15, -0.1) is 10.2 Å². The van der Waals surface area contributed by atoms with E-state index in [0.717, 1.165) is 62.0 Å². The van der Waals surface area contributed by atoms with Gasteiger partial charge in [-0.25, -0.2) is 0 Å². The molecule has 1 aromatic carbocycles. The van der Waals surface area contributed by atoms with Gasteiger partial charge >= 0.3 is 0 Å². The van der Waals surface area contributed by atoms with Crippen molar-refractivity contribution in [2.75, 3.05) is 44.7 Å². The number of hydrogen-bond acceptors (Lipinski definition) is 5. The normalized spacial score (nSPS) is 15.6. The lowest BCUT2D eigenvalue weighted by atomic mass is 10.0. The predicted molar refractivity (Wildman–Crippen MR) is 92.7 cm³/mol. The number of anilines is 1. The van der Waals surface area contributed by atoms with Crippen LogP contribution in [0.25, 0.3) is 11.3 Å². The second kappa shape index (κ2) is 7.53. The Kier molecular flexibility index (Phi) is 5.20. The standard InChI is InChI=1S/C18H24N4O/c1-14-5-3-4-6-16(14)17-13-15(2)18(21-20-17)19-7-8-22-9-11-23-12-10-22/h3-6,13H,7-12H2,1-2H3,(H,19,21). The zero-order chi connectivity index (χ0) is 16.1. The summed E-state index contributed by atoms with van der Waals surface area (Å²) >= 11 is 0. The Morgan fingerprint density at radius 1 is 1.09 bits per heavy atom. The monoisotopic (exact) mass is 312 g/mol. The maximum atomic E-state index is 5.36. The third kappa shape index (κ3) is 4.06. The molecule has 1 aliphatic rings. The Morgan fingerprint density at radius 3 is 2.61 bits per heavy atom. The molecule has 0 amide bonds. The van der Waals surface area contributed by atoms with E-state index in [4.69, 9.17) is 4.74 Å². The van der Waals surface area contributed by atoms with E-state index in [9.17, 15) is 0 Å². The van der Waals surface area contributed by atoms with Gasteiger partial charge < -0.3 is 10.1 Å². The van der Waals surface area contributed by atoms with Gasteiger partial charge in [0.05, 0.1) is 18.9 Å². The number of aromatic nitrogens is 2. The lowest BCUT2D eigenvalue weighted by Crippen LogP contribution is -2.39. The van der Waals surface area contributed by atoms with E-state index in [1.54, 1.807) is 0 Å². The minimum absolute atomic E-state index is 0.837. The minimum atomic E-state index is 0.837. The molecule has 1 saturated heterocycles. The lowest BCUT2D eigenvalue weighted by molar-refractivity contribution is 0.0398. The highest BCUT2D eigenvalue weighted by atomic mass is 16.5. The summed E-state index contributed by atoms with van der Waals surface area (Å²) in [6.07, 6.45) is 0. The molecule has 2 heterocycles. The number of rotatable bonds is 5. The molecule has 0 unspecified atom stereocenters. The van der Waals surface area contributed by atoms with Crippen LogP contribution < -0.4 is 5.32 Å². The van der Waals surface area contributed by atoms with Gasteiger partial charge in [0.25, 0.3) is 0 Å². The van der Waals surface area contributed by atoms with Crippen LogP contribution in [0, 0.1) is 13.8 Å². The number of hydrogen-bond donors (Lipinski definition) is 1. The summed E-state index contributed by atoms with van der Waals surface area (Å²) in [7, 11) is 0. The number of nitrogens with zero attached hydrogens (tertiary/aromatic N) is 3. The first-order chi connectivity index (χ1) is 11.2. The van der Waals surface area contributed by atoms with Crippen LogP contribution in [0.2, 0.25) is 0 Å². The van der Waals surface area contributed by atoms with E-state index in [-0.39, 0.29) is 0 Å². The lowest BCUT2D eigenvalue weighted by Gasteiger charge is -2.26. The molecule has 3 rings (SSSR count). The van der Waals surface area contributed by atoms with E-state index in [1.807, 2.05) is 12.1 Å². The van der Waals surface area contributed by atoms with Crippen LogP contribution in [-0.4, -0.2) is 54.5 Å². The van der Waals surface area contributed by atoms with Crippen LogP contribution in [0.15, 0.2) is 30.3 Å². The minimum Gasteiger partial charge on any atom is -0.379 e. The summed E-state index contributed by atoms with van der Waals surface area (Å²) in [6, 6.07) is 10.4. The Balaban J connectivity index is 1.62. The zero-order valence-corrected chi connectivity index (χ0v) is 13.9. The first-order valence-electron chi connectivity index (χ1n) is 8.18. The molecule has 1 aliphatic heterocycles. The molecule has 5 heteroatoms. The molecule has 0 saturated carbocycles. The maximum Gasteiger partial charge on any atom is 0.151 e. The molecule has 1 N–H and O–H groups in total. The van der Waals surface area contributed by atoms with E-state index in [1.165, 1.54) is 5.56 Å². The van der Waals surface area contributed by atoms with Crippen LogP contribution in [0.1, 0.15) is 11.1 Å². The highest BCUT2D eigenvalue weighted by molar-refractivity contribution is 5.65. The molecular weight excluding hydrogens is 288 g/mol. The number of ether oxygens (including phenoxy) is 1. The van der Waals surface area contributed by atoms with Crippen LogP contribution >= 0.6 is 0 Å². The highest BCUT2D eigenvalue weighted by Gasteiger charge is 2.11. The molecule has 23 heavy (non-hydrogen) atoms. The fourth-order valence-corrected chi connectivity index (χ4v) is 2.81. The summed E-state index contributed by atoms with van der Waals surface area (Å²) in [5.74, 6) is 0.871. The molecule has 0 aliphatic carbocycles. The third-order valence-corrected chi connectivity index (χ3v) is 4.23. The smallest absolute Gasteiger partial charge is 0.151 e. The Labute approximate surface area is 137 Å². The summed E-state index contributed by atoms with van der Waals surface area (Å²) in [5.41, 5.74) is 4.41. The zero-order valence-electron chi connectivity index (χ0n) is 13.9. The Morgan fingerprint density at radius 2 is 1.87 bits per heavy atom. The Bertz CT molecular complexity index is 653. The molecule has 1 fully saturated rings. The van der Waals surface area contributed by atoms with Gasteiger partial charge in [0.2, 0.25) is 0 Å². The quantitative estimate of drug-likeness (QED) is 0.919. The van der Waals surface area contributed by atoms with E-state index in [2.05, 4.69) is 52.5 Å². The number of benzene rings is 1. The van der Waals surface area contributed by atoms with Crippen LogP contribution in [0.5, 0.6) is 0 Å². The maximum absolute atomic E-state index is 5.36. The molecule has 1 aromatic heterocycles. The molecule has 0 bridgehead atoms. The fraction of sp³-hybridized carbons (Fsp3) is 0.444.